The van der Waals surface area contributed by atoms with E-state index in [4.69, 9.17) is 0 Å². The van der Waals surface area contributed by atoms with Gasteiger partial charge in [0.25, 0.3) is 0 Å². The summed E-state index contributed by atoms with van der Waals surface area (Å²) in [6, 6.07) is 7.36. The summed E-state index contributed by atoms with van der Waals surface area (Å²) in [7, 11) is 0. The van der Waals surface area contributed by atoms with Crippen molar-refractivity contribution in [3.8, 4) is 0 Å². The second kappa shape index (κ2) is 8.30. The summed E-state index contributed by atoms with van der Waals surface area (Å²) in [6.07, 6.45) is 2.23. The Balaban J connectivity index is 2.24. The molecule has 1 aromatic carbocycles. The van der Waals surface area contributed by atoms with Crippen LogP contribution in [0.4, 0.5) is 4.39 Å². The molecule has 3 unspecified atom stereocenters. The molecule has 1 heterocycles. The molecule has 0 amide bonds. The van der Waals surface area contributed by atoms with Crippen LogP contribution < -0.4 is 5.32 Å². The molecule has 2 rings (SSSR count). The minimum Gasteiger partial charge on any atom is -0.309 e. The van der Waals surface area contributed by atoms with E-state index in [1.54, 1.807) is 12.1 Å². The van der Waals surface area contributed by atoms with E-state index in [2.05, 4.69) is 30.9 Å². The predicted molar refractivity (Wildman–Crippen MR) is 90.2 cm³/mol. The Morgan fingerprint density at radius 3 is 2.70 bits per heavy atom. The minimum absolute atomic E-state index is 0.0767. The van der Waals surface area contributed by atoms with Crippen molar-refractivity contribution in [1.82, 2.24) is 5.32 Å². The van der Waals surface area contributed by atoms with Gasteiger partial charge in [-0.15, -0.1) is 0 Å². The van der Waals surface area contributed by atoms with Gasteiger partial charge in [-0.1, -0.05) is 32.0 Å². The molecule has 1 fully saturated rings. The van der Waals surface area contributed by atoms with Crippen LogP contribution in [0.1, 0.15) is 38.3 Å². The van der Waals surface area contributed by atoms with E-state index in [0.29, 0.717) is 10.5 Å². The molecular formula is C16H24FNS2. The van der Waals surface area contributed by atoms with Gasteiger partial charge in [0.2, 0.25) is 0 Å². The topological polar surface area (TPSA) is 12.0 Å². The molecule has 4 heteroatoms. The molecule has 0 aromatic heterocycles. The summed E-state index contributed by atoms with van der Waals surface area (Å²) in [6.45, 7) is 5.34. The summed E-state index contributed by atoms with van der Waals surface area (Å²) >= 11 is 4.06. The smallest absolute Gasteiger partial charge is 0.128 e. The number of hydrogen-bond acceptors (Lipinski definition) is 3. The quantitative estimate of drug-likeness (QED) is 0.831. The van der Waals surface area contributed by atoms with Crippen LogP contribution in [0, 0.1) is 5.82 Å². The van der Waals surface area contributed by atoms with Crippen LogP contribution >= 0.6 is 23.5 Å². The first-order valence-electron chi connectivity index (χ1n) is 7.49. The van der Waals surface area contributed by atoms with E-state index in [1.165, 1.54) is 11.5 Å². The zero-order valence-corrected chi connectivity index (χ0v) is 13.9. The normalized spacial score (nSPS) is 24.6. The van der Waals surface area contributed by atoms with Crippen LogP contribution in [0.25, 0.3) is 0 Å². The van der Waals surface area contributed by atoms with E-state index < -0.39 is 0 Å². The molecule has 0 aliphatic carbocycles. The van der Waals surface area contributed by atoms with Gasteiger partial charge in [-0.25, -0.2) is 4.39 Å². The summed E-state index contributed by atoms with van der Waals surface area (Å²) < 4.78 is 14.2. The maximum absolute atomic E-state index is 14.2. The second-order valence-electron chi connectivity index (χ2n) is 5.11. The van der Waals surface area contributed by atoms with Gasteiger partial charge in [0, 0.05) is 33.6 Å². The Labute approximate surface area is 130 Å². The average molecular weight is 314 g/mol. The maximum Gasteiger partial charge on any atom is 0.128 e. The van der Waals surface area contributed by atoms with Crippen molar-refractivity contribution < 1.29 is 4.39 Å². The number of rotatable bonds is 6. The van der Waals surface area contributed by atoms with Crippen molar-refractivity contribution in [2.45, 2.75) is 43.2 Å². The van der Waals surface area contributed by atoms with Crippen LogP contribution in [-0.4, -0.2) is 28.6 Å². The van der Waals surface area contributed by atoms with Crippen molar-refractivity contribution in [1.29, 1.82) is 0 Å². The molecule has 0 radical (unpaired) electrons. The number of halogens is 1. The third kappa shape index (κ3) is 3.92. The van der Waals surface area contributed by atoms with Crippen molar-refractivity contribution in [2.24, 2.45) is 0 Å². The third-order valence-corrected chi connectivity index (χ3v) is 7.03. The molecule has 0 saturated carbocycles. The SMILES string of the molecule is CCCNC(c1ccccc1F)C1SCCSC1CC. The first-order valence-corrected chi connectivity index (χ1v) is 9.58. The van der Waals surface area contributed by atoms with Gasteiger partial charge in [-0.05, 0) is 25.5 Å². The van der Waals surface area contributed by atoms with Crippen LogP contribution in [0.5, 0.6) is 0 Å². The first-order chi connectivity index (χ1) is 9.77. The molecule has 112 valence electrons. The second-order valence-corrected chi connectivity index (χ2v) is 7.74. The Bertz CT molecular complexity index is 413. The highest BCUT2D eigenvalue weighted by Crippen LogP contribution is 2.40. The predicted octanol–water partition coefficient (Wildman–Crippen LogP) is 4.49. The fourth-order valence-corrected chi connectivity index (χ4v) is 5.92. The monoisotopic (exact) mass is 313 g/mol. The van der Waals surface area contributed by atoms with Crippen molar-refractivity contribution in [3.05, 3.63) is 35.6 Å². The Morgan fingerprint density at radius 1 is 1.25 bits per heavy atom. The van der Waals surface area contributed by atoms with E-state index >= 15 is 0 Å². The highest BCUT2D eigenvalue weighted by Gasteiger charge is 2.33. The van der Waals surface area contributed by atoms with Crippen LogP contribution in [0.2, 0.25) is 0 Å². The fourth-order valence-electron chi connectivity index (χ4n) is 2.68. The number of thioether (sulfide) groups is 2. The van der Waals surface area contributed by atoms with E-state index in [0.717, 1.165) is 24.9 Å². The fraction of sp³-hybridized carbons (Fsp3) is 0.625. The molecule has 1 aliphatic rings. The molecular weight excluding hydrogens is 289 g/mol. The van der Waals surface area contributed by atoms with Gasteiger partial charge in [0.15, 0.2) is 0 Å². The van der Waals surface area contributed by atoms with Gasteiger partial charge in [0.1, 0.15) is 5.82 Å². The van der Waals surface area contributed by atoms with Gasteiger partial charge < -0.3 is 5.32 Å². The molecule has 1 N–H and O–H groups in total. The lowest BCUT2D eigenvalue weighted by Gasteiger charge is -2.36. The van der Waals surface area contributed by atoms with E-state index in [1.807, 2.05) is 23.9 Å². The van der Waals surface area contributed by atoms with Crippen molar-refractivity contribution >= 4 is 23.5 Å². The molecule has 1 aromatic rings. The molecule has 0 bridgehead atoms. The van der Waals surface area contributed by atoms with E-state index in [-0.39, 0.29) is 11.9 Å². The number of hydrogen-bond donors (Lipinski definition) is 1. The van der Waals surface area contributed by atoms with Crippen LogP contribution in [0.3, 0.4) is 0 Å². The summed E-state index contributed by atoms with van der Waals surface area (Å²) in [5.41, 5.74) is 0.833. The first kappa shape index (κ1) is 16.2. The lowest BCUT2D eigenvalue weighted by Crippen LogP contribution is -2.39. The number of benzene rings is 1. The minimum atomic E-state index is -0.0767. The van der Waals surface area contributed by atoms with Gasteiger partial charge in [0.05, 0.1) is 0 Å². The van der Waals surface area contributed by atoms with Gasteiger partial charge >= 0.3 is 0 Å². The summed E-state index contributed by atoms with van der Waals surface area (Å²) in [5.74, 6) is 2.31. The van der Waals surface area contributed by atoms with Gasteiger partial charge in [-0.3, -0.25) is 0 Å². The molecule has 1 nitrogen and oxygen atoms in total. The van der Waals surface area contributed by atoms with E-state index in [9.17, 15) is 4.39 Å². The molecule has 1 saturated heterocycles. The molecule has 20 heavy (non-hydrogen) atoms. The summed E-state index contributed by atoms with van der Waals surface area (Å²) in [5, 5.41) is 4.66. The number of nitrogens with one attached hydrogen (secondary N) is 1. The van der Waals surface area contributed by atoms with Crippen molar-refractivity contribution in [3.63, 3.8) is 0 Å². The van der Waals surface area contributed by atoms with Gasteiger partial charge in [-0.2, -0.15) is 23.5 Å². The lowest BCUT2D eigenvalue weighted by atomic mass is 9.99. The maximum atomic E-state index is 14.2. The Morgan fingerprint density at radius 2 is 2.00 bits per heavy atom. The molecule has 0 spiro atoms. The average Bonchev–Trinajstić information content (AvgIpc) is 2.49. The zero-order valence-electron chi connectivity index (χ0n) is 12.3. The largest absolute Gasteiger partial charge is 0.309 e. The standard InChI is InChI=1S/C16H24FNS2/c1-3-9-18-15(12-7-5-6-8-13(12)17)16-14(4-2)19-10-11-20-16/h5-8,14-16,18H,3-4,9-11H2,1-2H3. The Hall–Kier alpha value is -0.190. The summed E-state index contributed by atoms with van der Waals surface area (Å²) in [4.78, 5) is 0. The van der Waals surface area contributed by atoms with Crippen LogP contribution in [0.15, 0.2) is 24.3 Å². The highest BCUT2D eigenvalue weighted by atomic mass is 32.2. The van der Waals surface area contributed by atoms with Crippen molar-refractivity contribution in [2.75, 3.05) is 18.1 Å². The lowest BCUT2D eigenvalue weighted by molar-refractivity contribution is 0.473. The van der Waals surface area contributed by atoms with Crippen LogP contribution in [-0.2, 0) is 0 Å². The molecule has 1 aliphatic heterocycles. The zero-order chi connectivity index (χ0) is 14.4. The molecule has 3 atom stereocenters. The highest BCUT2D eigenvalue weighted by molar-refractivity contribution is 8.07. The third-order valence-electron chi connectivity index (χ3n) is 3.68. The Kier molecular flexibility index (Phi) is 6.72.